The molecule has 0 aliphatic rings. The number of carbonyl (C=O) groups is 2. The van der Waals surface area contributed by atoms with Crippen molar-refractivity contribution in [3.63, 3.8) is 0 Å². The van der Waals surface area contributed by atoms with Gasteiger partial charge in [-0.3, -0.25) is 13.9 Å². The van der Waals surface area contributed by atoms with E-state index in [2.05, 4.69) is 5.32 Å². The Morgan fingerprint density at radius 3 is 2.41 bits per heavy atom. The van der Waals surface area contributed by atoms with Crippen LogP contribution >= 0.6 is 11.6 Å². The maximum Gasteiger partial charge on any atom is 0.244 e. The van der Waals surface area contributed by atoms with Gasteiger partial charge in [-0.05, 0) is 49.9 Å². The number of anilines is 1. The van der Waals surface area contributed by atoms with Crippen LogP contribution in [0.1, 0.15) is 37.8 Å². The lowest BCUT2D eigenvalue weighted by molar-refractivity contribution is -0.138. The first-order valence-electron chi connectivity index (χ1n) is 11.4. The number of sulfonamides is 1. The minimum Gasteiger partial charge on any atom is -0.354 e. The fraction of sp³-hybridized carbons (Fsp3) is 0.440. The van der Waals surface area contributed by atoms with Crippen molar-refractivity contribution in [3.05, 3.63) is 64.7 Å². The Bertz CT molecular complexity index is 1080. The third kappa shape index (κ3) is 8.02. The van der Waals surface area contributed by atoms with Crippen molar-refractivity contribution in [2.45, 2.75) is 46.1 Å². The van der Waals surface area contributed by atoms with Crippen molar-refractivity contribution in [1.82, 2.24) is 10.2 Å². The van der Waals surface area contributed by atoms with Gasteiger partial charge in [-0.15, -0.1) is 0 Å². The number of unbranched alkanes of at least 4 members (excludes halogenated alkanes) is 1. The van der Waals surface area contributed by atoms with E-state index < -0.39 is 28.5 Å². The second kappa shape index (κ2) is 12.8. The number of nitrogens with zero attached hydrogens (tertiary/aromatic N) is 2. The fourth-order valence-electron chi connectivity index (χ4n) is 3.55. The minimum absolute atomic E-state index is 0.264. The van der Waals surface area contributed by atoms with Gasteiger partial charge < -0.3 is 10.2 Å². The predicted octanol–water partition coefficient (Wildman–Crippen LogP) is 3.79. The van der Waals surface area contributed by atoms with E-state index in [0.717, 1.165) is 29.0 Å². The highest BCUT2D eigenvalue weighted by molar-refractivity contribution is 7.92. The van der Waals surface area contributed by atoms with Crippen LogP contribution in [0, 0.1) is 6.92 Å². The van der Waals surface area contributed by atoms with Crippen LogP contribution in [0.5, 0.6) is 0 Å². The van der Waals surface area contributed by atoms with Gasteiger partial charge in [-0.1, -0.05) is 61.3 Å². The number of benzene rings is 2. The SMILES string of the molecule is CCCCNC(=O)C(C)N(CCc1ccccc1)C(=O)CN(c1cc(Cl)ccc1C)S(C)(=O)=O. The summed E-state index contributed by atoms with van der Waals surface area (Å²) < 4.78 is 26.3. The average molecular weight is 508 g/mol. The summed E-state index contributed by atoms with van der Waals surface area (Å²) in [5, 5.41) is 3.23. The molecule has 0 saturated carbocycles. The van der Waals surface area contributed by atoms with E-state index in [1.165, 1.54) is 11.0 Å². The molecule has 2 aromatic carbocycles. The van der Waals surface area contributed by atoms with Crippen molar-refractivity contribution >= 4 is 39.1 Å². The number of hydrogen-bond donors (Lipinski definition) is 1. The molecule has 0 aromatic heterocycles. The lowest BCUT2D eigenvalue weighted by atomic mass is 10.1. The van der Waals surface area contributed by atoms with Crippen LogP contribution in [-0.4, -0.2) is 57.1 Å². The predicted molar refractivity (Wildman–Crippen MR) is 138 cm³/mol. The Kier molecular flexibility index (Phi) is 10.4. The highest BCUT2D eigenvalue weighted by Gasteiger charge is 2.30. The Morgan fingerprint density at radius 1 is 1.12 bits per heavy atom. The van der Waals surface area contributed by atoms with Crippen molar-refractivity contribution < 1.29 is 18.0 Å². The molecule has 1 N–H and O–H groups in total. The van der Waals surface area contributed by atoms with Gasteiger partial charge in [0, 0.05) is 18.1 Å². The number of hydrogen-bond acceptors (Lipinski definition) is 4. The van der Waals surface area contributed by atoms with Gasteiger partial charge in [0.25, 0.3) is 0 Å². The van der Waals surface area contributed by atoms with Crippen LogP contribution in [0.4, 0.5) is 5.69 Å². The standard InChI is InChI=1S/C25H34ClN3O4S/c1-5-6-15-27-25(31)20(3)28(16-14-21-10-8-7-9-11-21)24(30)18-29(34(4,32)33)23-17-22(26)13-12-19(23)2/h7-13,17,20H,5-6,14-16,18H2,1-4H3,(H,27,31). The Hall–Kier alpha value is -2.58. The van der Waals surface area contributed by atoms with Gasteiger partial charge in [0.15, 0.2) is 0 Å². The van der Waals surface area contributed by atoms with Crippen molar-refractivity contribution in [3.8, 4) is 0 Å². The molecule has 0 heterocycles. The monoisotopic (exact) mass is 507 g/mol. The molecule has 1 unspecified atom stereocenters. The van der Waals surface area contributed by atoms with Gasteiger partial charge in [-0.2, -0.15) is 0 Å². The average Bonchev–Trinajstić information content (AvgIpc) is 2.79. The molecule has 1 atom stereocenters. The maximum atomic E-state index is 13.5. The molecule has 0 bridgehead atoms. The minimum atomic E-state index is -3.79. The van der Waals surface area contributed by atoms with E-state index in [4.69, 9.17) is 11.6 Å². The smallest absolute Gasteiger partial charge is 0.244 e. The van der Waals surface area contributed by atoms with E-state index in [9.17, 15) is 18.0 Å². The van der Waals surface area contributed by atoms with Crippen molar-refractivity contribution in [2.24, 2.45) is 0 Å². The first-order chi connectivity index (χ1) is 16.0. The van der Waals surface area contributed by atoms with Crippen LogP contribution in [0.25, 0.3) is 0 Å². The Balaban J connectivity index is 2.31. The van der Waals surface area contributed by atoms with Gasteiger partial charge >= 0.3 is 0 Å². The number of rotatable bonds is 12. The van der Waals surface area contributed by atoms with Gasteiger partial charge in [-0.25, -0.2) is 8.42 Å². The second-order valence-corrected chi connectivity index (χ2v) is 10.7. The molecular formula is C25H34ClN3O4S. The van der Waals surface area contributed by atoms with E-state index in [-0.39, 0.29) is 12.5 Å². The molecule has 0 spiro atoms. The molecule has 9 heteroatoms. The van der Waals surface area contributed by atoms with Gasteiger partial charge in [0.1, 0.15) is 12.6 Å². The molecule has 0 aliphatic heterocycles. The van der Waals surface area contributed by atoms with Crippen molar-refractivity contribution in [2.75, 3.05) is 30.2 Å². The summed E-state index contributed by atoms with van der Waals surface area (Å²) in [6.07, 6.45) is 3.37. The van der Waals surface area contributed by atoms with Gasteiger partial charge in [0.2, 0.25) is 21.8 Å². The number of nitrogens with one attached hydrogen (secondary N) is 1. The van der Waals surface area contributed by atoms with Crippen LogP contribution in [-0.2, 0) is 26.0 Å². The summed E-state index contributed by atoms with van der Waals surface area (Å²) in [6.45, 7) is 5.82. The molecule has 0 aliphatic carbocycles. The van der Waals surface area contributed by atoms with Gasteiger partial charge in [0.05, 0.1) is 11.9 Å². The largest absolute Gasteiger partial charge is 0.354 e. The zero-order valence-electron chi connectivity index (χ0n) is 20.3. The normalized spacial score (nSPS) is 12.1. The van der Waals surface area contributed by atoms with E-state index in [0.29, 0.717) is 29.2 Å². The Labute approximate surface area is 208 Å². The number of amides is 2. The maximum absolute atomic E-state index is 13.5. The van der Waals surface area contributed by atoms with Crippen LogP contribution in [0.3, 0.4) is 0 Å². The molecule has 0 radical (unpaired) electrons. The third-order valence-electron chi connectivity index (χ3n) is 5.60. The first-order valence-corrected chi connectivity index (χ1v) is 13.6. The lowest BCUT2D eigenvalue weighted by Gasteiger charge is -2.32. The fourth-order valence-corrected chi connectivity index (χ4v) is 4.62. The second-order valence-electron chi connectivity index (χ2n) is 8.34. The van der Waals surface area contributed by atoms with Crippen LogP contribution in [0.2, 0.25) is 5.02 Å². The molecule has 7 nitrogen and oxygen atoms in total. The molecule has 2 amide bonds. The number of halogens is 1. The van der Waals surface area contributed by atoms with E-state index in [1.54, 1.807) is 26.0 Å². The van der Waals surface area contributed by atoms with Crippen molar-refractivity contribution in [1.29, 1.82) is 0 Å². The summed E-state index contributed by atoms with van der Waals surface area (Å²) in [7, 11) is -3.79. The molecule has 2 aromatic rings. The zero-order chi connectivity index (χ0) is 25.3. The lowest BCUT2D eigenvalue weighted by Crippen LogP contribution is -2.52. The topological polar surface area (TPSA) is 86.8 Å². The highest BCUT2D eigenvalue weighted by Crippen LogP contribution is 2.26. The molecule has 0 saturated heterocycles. The van der Waals surface area contributed by atoms with E-state index >= 15 is 0 Å². The number of carbonyl (C=O) groups excluding carboxylic acids is 2. The van der Waals surface area contributed by atoms with Crippen LogP contribution < -0.4 is 9.62 Å². The summed E-state index contributed by atoms with van der Waals surface area (Å²) in [4.78, 5) is 27.7. The molecule has 0 fully saturated rings. The number of aryl methyl sites for hydroxylation is 1. The third-order valence-corrected chi connectivity index (χ3v) is 6.96. The summed E-state index contributed by atoms with van der Waals surface area (Å²) >= 11 is 6.11. The Morgan fingerprint density at radius 2 is 1.79 bits per heavy atom. The van der Waals surface area contributed by atoms with E-state index in [1.807, 2.05) is 37.3 Å². The molecule has 34 heavy (non-hydrogen) atoms. The highest BCUT2D eigenvalue weighted by atomic mass is 35.5. The quantitative estimate of drug-likeness (QED) is 0.443. The zero-order valence-corrected chi connectivity index (χ0v) is 21.8. The molecule has 2 rings (SSSR count). The molecule has 186 valence electrons. The summed E-state index contributed by atoms with van der Waals surface area (Å²) in [5.41, 5.74) is 2.03. The molecular weight excluding hydrogens is 474 g/mol. The first kappa shape index (κ1) is 27.7. The summed E-state index contributed by atoms with van der Waals surface area (Å²) in [6, 6.07) is 13.8. The van der Waals surface area contributed by atoms with Crippen LogP contribution in [0.15, 0.2) is 48.5 Å². The summed E-state index contributed by atoms with van der Waals surface area (Å²) in [5.74, 6) is -0.724.